The van der Waals surface area contributed by atoms with Gasteiger partial charge in [-0.3, -0.25) is 0 Å². The number of fused-ring (bicyclic) bond motifs is 1. The Labute approximate surface area is 93.6 Å². The molecule has 1 heterocycles. The molecule has 3 heteroatoms. The van der Waals surface area contributed by atoms with E-state index in [2.05, 4.69) is 41.6 Å². The Morgan fingerprint density at radius 1 is 1.47 bits per heavy atom. The average molecular weight is 218 g/mol. The Morgan fingerprint density at radius 3 is 3.07 bits per heavy atom. The highest BCUT2D eigenvalue weighted by Gasteiger charge is 2.05. The van der Waals surface area contributed by atoms with Crippen molar-refractivity contribution in [1.82, 2.24) is 4.98 Å². The monoisotopic (exact) mass is 218 g/mol. The number of thioether (sulfide) groups is 1. The van der Waals surface area contributed by atoms with E-state index in [1.54, 1.807) is 11.8 Å². The number of nitrogens with two attached hydrogens (primary N) is 1. The summed E-state index contributed by atoms with van der Waals surface area (Å²) in [6, 6.07) is 8.38. The van der Waals surface area contributed by atoms with E-state index in [1.165, 1.54) is 21.4 Å². The van der Waals surface area contributed by atoms with Gasteiger partial charge in [0.05, 0.1) is 0 Å². The van der Waals surface area contributed by atoms with Gasteiger partial charge in [0.2, 0.25) is 0 Å². The van der Waals surface area contributed by atoms with Crippen LogP contribution in [0.3, 0.4) is 0 Å². The minimum Gasteiger partial charge on any atom is -0.361 e. The van der Waals surface area contributed by atoms with Crippen LogP contribution < -0.4 is 5.73 Å². The van der Waals surface area contributed by atoms with Gasteiger partial charge in [0, 0.05) is 28.5 Å². The molecule has 0 spiro atoms. The van der Waals surface area contributed by atoms with Crippen LogP contribution in [0.2, 0.25) is 0 Å². The standard InChI is InChI=1S/C12H14N2S/c1-15-12(5-7-13)10-3-2-4-11-9(10)6-8-14-11/h2-6,8,14H,7,13H2,1H3/b12-5-. The maximum atomic E-state index is 5.56. The van der Waals surface area contributed by atoms with E-state index in [0.717, 1.165) is 0 Å². The highest BCUT2D eigenvalue weighted by Crippen LogP contribution is 2.30. The van der Waals surface area contributed by atoms with Crippen LogP contribution in [0.4, 0.5) is 0 Å². The summed E-state index contributed by atoms with van der Waals surface area (Å²) in [5.41, 5.74) is 7.99. The molecule has 2 aromatic rings. The molecule has 0 saturated heterocycles. The van der Waals surface area contributed by atoms with Crippen LogP contribution in [0.1, 0.15) is 5.56 Å². The molecular weight excluding hydrogens is 204 g/mol. The summed E-state index contributed by atoms with van der Waals surface area (Å²) in [5.74, 6) is 0. The lowest BCUT2D eigenvalue weighted by Crippen LogP contribution is -1.94. The van der Waals surface area contributed by atoms with E-state index in [4.69, 9.17) is 5.73 Å². The number of aromatic amines is 1. The van der Waals surface area contributed by atoms with Gasteiger partial charge in [0.15, 0.2) is 0 Å². The Kier molecular flexibility index (Phi) is 3.14. The number of nitrogens with one attached hydrogen (secondary N) is 1. The third-order valence-corrected chi connectivity index (χ3v) is 3.21. The molecule has 78 valence electrons. The Balaban J connectivity index is 2.59. The minimum atomic E-state index is 0.580. The lowest BCUT2D eigenvalue weighted by Gasteiger charge is -2.05. The Bertz CT molecular complexity index is 485. The first-order valence-corrected chi connectivity index (χ1v) is 6.10. The number of hydrogen-bond acceptors (Lipinski definition) is 2. The zero-order valence-electron chi connectivity index (χ0n) is 8.66. The maximum absolute atomic E-state index is 5.56. The SMILES string of the molecule is CS/C(=C\CN)c1cccc2[nH]ccc12. The fourth-order valence-corrected chi connectivity index (χ4v) is 2.37. The quantitative estimate of drug-likeness (QED) is 0.831. The van der Waals surface area contributed by atoms with Crippen LogP contribution in [-0.4, -0.2) is 17.8 Å². The van der Waals surface area contributed by atoms with Gasteiger partial charge < -0.3 is 10.7 Å². The van der Waals surface area contributed by atoms with Crippen molar-refractivity contribution in [3.05, 3.63) is 42.1 Å². The predicted octanol–water partition coefficient (Wildman–Crippen LogP) is 2.83. The van der Waals surface area contributed by atoms with Crippen LogP contribution in [0.5, 0.6) is 0 Å². The first-order chi connectivity index (χ1) is 7.36. The highest BCUT2D eigenvalue weighted by molar-refractivity contribution is 8.07. The zero-order chi connectivity index (χ0) is 10.7. The fourth-order valence-electron chi connectivity index (χ4n) is 1.71. The Hall–Kier alpha value is -1.19. The molecule has 0 aliphatic heterocycles. The molecule has 2 nitrogen and oxygen atoms in total. The van der Waals surface area contributed by atoms with E-state index in [0.29, 0.717) is 6.54 Å². The number of hydrogen-bond donors (Lipinski definition) is 2. The summed E-state index contributed by atoms with van der Waals surface area (Å²) in [4.78, 5) is 4.45. The predicted molar refractivity (Wildman–Crippen MR) is 68.8 cm³/mol. The molecule has 0 atom stereocenters. The van der Waals surface area contributed by atoms with Crippen LogP contribution in [0.25, 0.3) is 15.8 Å². The van der Waals surface area contributed by atoms with Gasteiger partial charge in [0.25, 0.3) is 0 Å². The Morgan fingerprint density at radius 2 is 2.33 bits per heavy atom. The van der Waals surface area contributed by atoms with Crippen molar-refractivity contribution in [1.29, 1.82) is 0 Å². The van der Waals surface area contributed by atoms with Crippen molar-refractivity contribution in [3.63, 3.8) is 0 Å². The summed E-state index contributed by atoms with van der Waals surface area (Å²) in [6.07, 6.45) is 6.11. The van der Waals surface area contributed by atoms with Crippen molar-refractivity contribution in [2.75, 3.05) is 12.8 Å². The summed E-state index contributed by atoms with van der Waals surface area (Å²) in [7, 11) is 0. The van der Waals surface area contributed by atoms with E-state index in [9.17, 15) is 0 Å². The molecule has 0 saturated carbocycles. The first kappa shape index (κ1) is 10.3. The van der Waals surface area contributed by atoms with Crippen LogP contribution in [0.15, 0.2) is 36.5 Å². The minimum absolute atomic E-state index is 0.580. The smallest absolute Gasteiger partial charge is 0.0460 e. The number of aromatic nitrogens is 1. The molecule has 0 aliphatic rings. The summed E-state index contributed by atoms with van der Waals surface area (Å²) < 4.78 is 0. The van der Waals surface area contributed by atoms with E-state index in [1.807, 2.05) is 6.20 Å². The van der Waals surface area contributed by atoms with Gasteiger partial charge in [-0.05, 0) is 24.0 Å². The van der Waals surface area contributed by atoms with Gasteiger partial charge in [-0.15, -0.1) is 11.8 Å². The van der Waals surface area contributed by atoms with Crippen LogP contribution in [-0.2, 0) is 0 Å². The first-order valence-electron chi connectivity index (χ1n) is 4.87. The zero-order valence-corrected chi connectivity index (χ0v) is 9.47. The molecule has 0 unspecified atom stereocenters. The number of benzene rings is 1. The lowest BCUT2D eigenvalue weighted by atomic mass is 10.1. The molecule has 0 bridgehead atoms. The fraction of sp³-hybridized carbons (Fsp3) is 0.167. The topological polar surface area (TPSA) is 41.8 Å². The van der Waals surface area contributed by atoms with Crippen LogP contribution in [0, 0.1) is 0 Å². The van der Waals surface area contributed by atoms with Crippen molar-refractivity contribution >= 4 is 27.6 Å². The molecule has 0 amide bonds. The summed E-state index contributed by atoms with van der Waals surface area (Å²) in [6.45, 7) is 0.580. The van der Waals surface area contributed by atoms with Gasteiger partial charge in [-0.25, -0.2) is 0 Å². The molecule has 0 radical (unpaired) electrons. The molecule has 1 aromatic heterocycles. The highest BCUT2D eigenvalue weighted by atomic mass is 32.2. The lowest BCUT2D eigenvalue weighted by molar-refractivity contribution is 1.26. The summed E-state index contributed by atoms with van der Waals surface area (Å²) in [5, 5.41) is 1.26. The second-order valence-electron chi connectivity index (χ2n) is 3.25. The van der Waals surface area contributed by atoms with E-state index in [-0.39, 0.29) is 0 Å². The van der Waals surface area contributed by atoms with Gasteiger partial charge in [-0.1, -0.05) is 18.2 Å². The van der Waals surface area contributed by atoms with Crippen molar-refractivity contribution < 1.29 is 0 Å². The average Bonchev–Trinajstić information content (AvgIpc) is 2.73. The second kappa shape index (κ2) is 4.55. The molecular formula is C12H14N2S. The summed E-state index contributed by atoms with van der Waals surface area (Å²) >= 11 is 1.73. The second-order valence-corrected chi connectivity index (χ2v) is 4.10. The van der Waals surface area contributed by atoms with E-state index >= 15 is 0 Å². The molecule has 15 heavy (non-hydrogen) atoms. The normalized spacial score (nSPS) is 12.3. The third kappa shape index (κ3) is 1.94. The van der Waals surface area contributed by atoms with Crippen molar-refractivity contribution in [2.45, 2.75) is 0 Å². The van der Waals surface area contributed by atoms with Crippen LogP contribution >= 0.6 is 11.8 Å². The number of rotatable bonds is 3. The maximum Gasteiger partial charge on any atom is 0.0460 e. The van der Waals surface area contributed by atoms with Gasteiger partial charge >= 0.3 is 0 Å². The third-order valence-electron chi connectivity index (χ3n) is 2.38. The molecule has 1 aromatic carbocycles. The number of H-pyrrole nitrogens is 1. The molecule has 3 N–H and O–H groups in total. The molecule has 0 fully saturated rings. The van der Waals surface area contributed by atoms with Crippen molar-refractivity contribution in [3.8, 4) is 0 Å². The van der Waals surface area contributed by atoms with Gasteiger partial charge in [-0.2, -0.15) is 0 Å². The molecule has 0 aliphatic carbocycles. The largest absolute Gasteiger partial charge is 0.361 e. The molecule has 2 rings (SSSR count). The van der Waals surface area contributed by atoms with Crippen molar-refractivity contribution in [2.24, 2.45) is 5.73 Å². The van der Waals surface area contributed by atoms with E-state index < -0.39 is 0 Å². The van der Waals surface area contributed by atoms with Gasteiger partial charge in [0.1, 0.15) is 0 Å².